The molecule has 0 unspecified atom stereocenters. The predicted molar refractivity (Wildman–Crippen MR) is 68.3 cm³/mol. The first-order valence-electron chi connectivity index (χ1n) is 5.49. The van der Waals surface area contributed by atoms with Crippen LogP contribution in [0.15, 0.2) is 28.2 Å². The molecule has 0 N–H and O–H groups in total. The van der Waals surface area contributed by atoms with Gasteiger partial charge in [0.1, 0.15) is 11.9 Å². The van der Waals surface area contributed by atoms with Gasteiger partial charge in [0.2, 0.25) is 0 Å². The molecule has 3 aromatic heterocycles. The summed E-state index contributed by atoms with van der Waals surface area (Å²) >= 11 is 1.64. The van der Waals surface area contributed by atoms with Gasteiger partial charge in [-0.15, -0.1) is 11.3 Å². The van der Waals surface area contributed by atoms with Gasteiger partial charge in [-0.05, 0) is 12.1 Å². The number of hydrogen-bond donors (Lipinski definition) is 0. The Morgan fingerprint density at radius 2 is 2.24 bits per heavy atom. The average molecular weight is 245 g/mol. The van der Waals surface area contributed by atoms with Crippen LogP contribution in [-0.4, -0.2) is 9.38 Å². The van der Waals surface area contributed by atoms with Crippen molar-refractivity contribution in [2.24, 2.45) is 0 Å². The molecule has 17 heavy (non-hydrogen) atoms. The van der Waals surface area contributed by atoms with Crippen LogP contribution in [0.1, 0.15) is 26.5 Å². The summed E-state index contributed by atoms with van der Waals surface area (Å²) in [6.45, 7) is 6.57. The van der Waals surface area contributed by atoms with Crippen molar-refractivity contribution < 1.29 is 4.42 Å². The van der Waals surface area contributed by atoms with Gasteiger partial charge < -0.3 is 4.42 Å². The quantitative estimate of drug-likeness (QED) is 0.653. The van der Waals surface area contributed by atoms with Gasteiger partial charge in [-0.2, -0.15) is 0 Å². The zero-order chi connectivity index (χ0) is 12.0. The summed E-state index contributed by atoms with van der Waals surface area (Å²) in [5.74, 6) is 0.765. The molecule has 3 heterocycles. The minimum atomic E-state index is 0.0931. The first-order valence-corrected chi connectivity index (χ1v) is 6.37. The normalized spacial score (nSPS) is 12.4. The molecule has 0 amide bonds. The van der Waals surface area contributed by atoms with Crippen LogP contribution >= 0.6 is 11.3 Å². The van der Waals surface area contributed by atoms with Gasteiger partial charge in [-0.1, -0.05) is 20.8 Å². The highest BCUT2D eigenvalue weighted by atomic mass is 32.1. The lowest BCUT2D eigenvalue weighted by atomic mass is 9.93. The second kappa shape index (κ2) is 3.47. The van der Waals surface area contributed by atoms with Gasteiger partial charge in [-0.3, -0.25) is 4.40 Å². The predicted octanol–water partition coefficient (Wildman–Crippen LogP) is 3.75. The van der Waals surface area contributed by atoms with Crippen molar-refractivity contribution in [1.29, 1.82) is 0 Å². The van der Waals surface area contributed by atoms with Crippen molar-refractivity contribution in [3.63, 3.8) is 0 Å². The molecule has 0 fully saturated rings. The third kappa shape index (κ3) is 1.69. The zero-order valence-corrected chi connectivity index (χ0v) is 10.8. The molecule has 1 radical (unpaired) electrons. The van der Waals surface area contributed by atoms with E-state index in [1.807, 2.05) is 16.5 Å². The van der Waals surface area contributed by atoms with E-state index in [1.54, 1.807) is 17.6 Å². The fourth-order valence-corrected chi connectivity index (χ4v) is 2.83. The number of fused-ring (bicyclic) bond motifs is 1. The van der Waals surface area contributed by atoms with E-state index < -0.39 is 0 Å². The Kier molecular flexibility index (Phi) is 2.16. The van der Waals surface area contributed by atoms with Crippen LogP contribution in [0, 0.1) is 6.20 Å². The molecule has 3 rings (SSSR count). The van der Waals surface area contributed by atoms with Crippen molar-refractivity contribution >= 4 is 16.3 Å². The SMILES string of the molecule is CC(C)(C)c1csc2nc(-c3ccco3)[c]n12. The van der Waals surface area contributed by atoms with Gasteiger partial charge in [0.25, 0.3) is 0 Å². The van der Waals surface area contributed by atoms with E-state index in [4.69, 9.17) is 4.42 Å². The molecule has 3 aromatic rings. The van der Waals surface area contributed by atoms with Gasteiger partial charge in [-0.25, -0.2) is 4.98 Å². The highest BCUT2D eigenvalue weighted by molar-refractivity contribution is 7.15. The third-order valence-corrected chi connectivity index (χ3v) is 3.48. The van der Waals surface area contributed by atoms with Crippen molar-refractivity contribution in [2.75, 3.05) is 0 Å². The van der Waals surface area contributed by atoms with E-state index in [1.165, 1.54) is 5.69 Å². The Hall–Kier alpha value is -1.55. The highest BCUT2D eigenvalue weighted by Gasteiger charge is 2.20. The maximum absolute atomic E-state index is 5.34. The third-order valence-electron chi connectivity index (χ3n) is 2.66. The van der Waals surface area contributed by atoms with Crippen LogP contribution in [0.25, 0.3) is 16.4 Å². The first kappa shape index (κ1) is 10.6. The van der Waals surface area contributed by atoms with Crippen LogP contribution in [-0.2, 0) is 5.41 Å². The lowest BCUT2D eigenvalue weighted by Crippen LogP contribution is -2.13. The van der Waals surface area contributed by atoms with Gasteiger partial charge >= 0.3 is 0 Å². The number of aromatic nitrogens is 2. The molecular formula is C13H13N2OS. The standard InChI is InChI=1S/C13H13N2OS/c1-13(2,3)11-8-17-12-14-9(7-15(11)12)10-5-4-6-16-10/h4-6,8H,1-3H3. The average Bonchev–Trinajstić information content (AvgIpc) is 2.90. The summed E-state index contributed by atoms with van der Waals surface area (Å²) < 4.78 is 7.37. The second-order valence-electron chi connectivity index (χ2n) is 5.04. The number of rotatable bonds is 1. The van der Waals surface area contributed by atoms with Crippen molar-refractivity contribution in [3.8, 4) is 11.5 Å². The van der Waals surface area contributed by atoms with E-state index in [2.05, 4.69) is 37.3 Å². The summed E-state index contributed by atoms with van der Waals surface area (Å²) in [5, 5.41) is 2.14. The Morgan fingerprint density at radius 3 is 2.88 bits per heavy atom. The Labute approximate surface area is 104 Å². The molecule has 0 atom stereocenters. The van der Waals surface area contributed by atoms with E-state index in [-0.39, 0.29) is 5.41 Å². The topological polar surface area (TPSA) is 30.4 Å². The van der Waals surface area contributed by atoms with Crippen LogP contribution in [0.4, 0.5) is 0 Å². The van der Waals surface area contributed by atoms with E-state index in [9.17, 15) is 0 Å². The molecule has 0 saturated heterocycles. The molecular weight excluding hydrogens is 232 g/mol. The second-order valence-corrected chi connectivity index (χ2v) is 5.87. The lowest BCUT2D eigenvalue weighted by molar-refractivity contribution is 0.563. The molecule has 0 aliphatic rings. The Morgan fingerprint density at radius 1 is 1.41 bits per heavy atom. The van der Waals surface area contributed by atoms with Crippen molar-refractivity contribution in [2.45, 2.75) is 26.2 Å². The maximum Gasteiger partial charge on any atom is 0.195 e. The number of hydrogen-bond acceptors (Lipinski definition) is 3. The number of thiazole rings is 1. The zero-order valence-electron chi connectivity index (χ0n) is 10.0. The highest BCUT2D eigenvalue weighted by Crippen LogP contribution is 2.29. The summed E-state index contributed by atoms with van der Waals surface area (Å²) in [6.07, 6.45) is 4.93. The molecule has 0 saturated carbocycles. The van der Waals surface area contributed by atoms with E-state index in [0.717, 1.165) is 16.4 Å². The number of imidazole rings is 1. The van der Waals surface area contributed by atoms with Crippen LogP contribution < -0.4 is 0 Å². The molecule has 0 aromatic carbocycles. The molecule has 87 valence electrons. The summed E-state index contributed by atoms with van der Waals surface area (Å²) in [4.78, 5) is 5.48. The van der Waals surface area contributed by atoms with E-state index in [0.29, 0.717) is 0 Å². The Balaban J connectivity index is 2.18. The van der Waals surface area contributed by atoms with Gasteiger partial charge in [0.15, 0.2) is 10.7 Å². The number of nitrogens with zero attached hydrogens (tertiary/aromatic N) is 2. The van der Waals surface area contributed by atoms with Crippen LogP contribution in [0.5, 0.6) is 0 Å². The van der Waals surface area contributed by atoms with Gasteiger partial charge in [0.05, 0.1) is 6.26 Å². The molecule has 0 bridgehead atoms. The summed E-state index contributed by atoms with van der Waals surface area (Å²) in [5.41, 5.74) is 2.09. The first-order chi connectivity index (χ1) is 8.05. The smallest absolute Gasteiger partial charge is 0.195 e. The molecule has 0 aliphatic heterocycles. The van der Waals surface area contributed by atoms with Crippen LogP contribution in [0.3, 0.4) is 0 Å². The molecule has 0 aliphatic carbocycles. The minimum absolute atomic E-state index is 0.0931. The molecule has 3 nitrogen and oxygen atoms in total. The fourth-order valence-electron chi connectivity index (χ4n) is 1.76. The summed E-state index contributed by atoms with van der Waals surface area (Å²) in [6, 6.07) is 3.76. The largest absolute Gasteiger partial charge is 0.463 e. The molecule has 4 heteroatoms. The number of furan rings is 1. The fraction of sp³-hybridized carbons (Fsp3) is 0.308. The minimum Gasteiger partial charge on any atom is -0.463 e. The van der Waals surface area contributed by atoms with Crippen molar-refractivity contribution in [3.05, 3.63) is 35.7 Å². The molecule has 0 spiro atoms. The van der Waals surface area contributed by atoms with Gasteiger partial charge in [0, 0.05) is 16.5 Å². The van der Waals surface area contributed by atoms with E-state index >= 15 is 0 Å². The lowest BCUT2D eigenvalue weighted by Gasteiger charge is -2.16. The Bertz CT molecular complexity index is 641. The maximum atomic E-state index is 5.34. The monoisotopic (exact) mass is 245 g/mol. The van der Waals surface area contributed by atoms with Crippen molar-refractivity contribution in [1.82, 2.24) is 9.38 Å². The summed E-state index contributed by atoms with van der Waals surface area (Å²) in [7, 11) is 0. The van der Waals surface area contributed by atoms with Crippen LogP contribution in [0.2, 0.25) is 0 Å².